The van der Waals surface area contributed by atoms with E-state index < -0.39 is 16.1 Å². The Kier molecular flexibility index (Phi) is 5.71. The van der Waals surface area contributed by atoms with Gasteiger partial charge in [0.2, 0.25) is 10.0 Å². The normalized spacial score (nSPS) is 12.6. The predicted molar refractivity (Wildman–Crippen MR) is 89.6 cm³/mol. The number of hydrogen-bond donors (Lipinski definition) is 2. The lowest BCUT2D eigenvalue weighted by molar-refractivity contribution is 0.101. The first-order valence-electron chi connectivity index (χ1n) is 7.26. The number of carbonyl (C=O) groups excluding carboxylic acids is 1. The molecule has 0 spiro atoms. The first-order chi connectivity index (χ1) is 11.3. The second-order valence-corrected chi connectivity index (χ2v) is 6.99. The summed E-state index contributed by atoms with van der Waals surface area (Å²) in [5.74, 6) is 0.439. The summed E-state index contributed by atoms with van der Waals surface area (Å²) in [5, 5.41) is 10.1. The summed E-state index contributed by atoms with van der Waals surface area (Å²) in [6.45, 7) is 1.23. The molecule has 2 N–H and O–H groups in total. The molecule has 1 unspecified atom stereocenters. The van der Waals surface area contributed by atoms with E-state index in [0.29, 0.717) is 16.9 Å². The van der Waals surface area contributed by atoms with Crippen LogP contribution in [-0.4, -0.2) is 33.0 Å². The molecule has 128 valence electrons. The van der Waals surface area contributed by atoms with Crippen LogP contribution in [0.1, 0.15) is 28.9 Å². The fourth-order valence-electron chi connectivity index (χ4n) is 2.11. The van der Waals surface area contributed by atoms with Gasteiger partial charge in [0.25, 0.3) is 0 Å². The van der Waals surface area contributed by atoms with Gasteiger partial charge in [-0.1, -0.05) is 24.3 Å². The largest absolute Gasteiger partial charge is 0.497 e. The van der Waals surface area contributed by atoms with Gasteiger partial charge in [0, 0.05) is 12.1 Å². The number of aliphatic hydroxyl groups is 1. The molecule has 0 aliphatic carbocycles. The highest BCUT2D eigenvalue weighted by Gasteiger charge is 2.17. The van der Waals surface area contributed by atoms with Gasteiger partial charge in [0.1, 0.15) is 5.75 Å². The minimum atomic E-state index is -3.77. The molecule has 24 heavy (non-hydrogen) atoms. The molecule has 2 aromatic carbocycles. The SMILES string of the molecule is COc1cccc(C(O)CNS(=O)(=O)c2ccc(C(C)=O)cc2)c1. The number of rotatable bonds is 7. The van der Waals surface area contributed by atoms with Crippen LogP contribution in [0.4, 0.5) is 0 Å². The highest BCUT2D eigenvalue weighted by molar-refractivity contribution is 7.89. The summed E-state index contributed by atoms with van der Waals surface area (Å²) in [6, 6.07) is 12.4. The van der Waals surface area contributed by atoms with Crippen LogP contribution in [0.25, 0.3) is 0 Å². The lowest BCUT2D eigenvalue weighted by atomic mass is 10.1. The number of ether oxygens (including phenoxy) is 1. The Morgan fingerprint density at radius 2 is 1.88 bits per heavy atom. The smallest absolute Gasteiger partial charge is 0.240 e. The molecule has 6 nitrogen and oxygen atoms in total. The number of hydrogen-bond acceptors (Lipinski definition) is 5. The van der Waals surface area contributed by atoms with Crippen LogP contribution in [0.5, 0.6) is 5.75 Å². The predicted octanol–water partition coefficient (Wildman–Crippen LogP) is 1.91. The zero-order chi connectivity index (χ0) is 17.7. The first kappa shape index (κ1) is 18.1. The van der Waals surface area contributed by atoms with Crippen LogP contribution in [0, 0.1) is 0 Å². The van der Waals surface area contributed by atoms with E-state index in [2.05, 4.69) is 4.72 Å². The van der Waals surface area contributed by atoms with Crippen LogP contribution in [0.3, 0.4) is 0 Å². The summed E-state index contributed by atoms with van der Waals surface area (Å²) < 4.78 is 31.9. The molecular weight excluding hydrogens is 330 g/mol. The fraction of sp³-hybridized carbons (Fsp3) is 0.235. The maximum absolute atomic E-state index is 12.2. The lowest BCUT2D eigenvalue weighted by Gasteiger charge is -2.13. The van der Waals surface area contributed by atoms with E-state index in [1.165, 1.54) is 38.3 Å². The molecule has 0 fully saturated rings. The number of sulfonamides is 1. The summed E-state index contributed by atoms with van der Waals surface area (Å²) in [6.07, 6.45) is -1.01. The highest BCUT2D eigenvalue weighted by atomic mass is 32.2. The summed E-state index contributed by atoms with van der Waals surface area (Å²) in [4.78, 5) is 11.3. The van der Waals surface area contributed by atoms with Gasteiger partial charge in [-0.25, -0.2) is 13.1 Å². The van der Waals surface area contributed by atoms with Gasteiger partial charge < -0.3 is 9.84 Å². The maximum Gasteiger partial charge on any atom is 0.240 e. The molecule has 1 atom stereocenters. The van der Waals surface area contributed by atoms with Crippen molar-refractivity contribution in [2.24, 2.45) is 0 Å². The minimum absolute atomic E-state index is 0.0327. The minimum Gasteiger partial charge on any atom is -0.497 e. The van der Waals surface area contributed by atoms with Gasteiger partial charge >= 0.3 is 0 Å². The zero-order valence-corrected chi connectivity index (χ0v) is 14.2. The van der Waals surface area contributed by atoms with Gasteiger partial charge in [0.15, 0.2) is 5.78 Å². The van der Waals surface area contributed by atoms with Gasteiger partial charge in [0.05, 0.1) is 18.1 Å². The van der Waals surface area contributed by atoms with Crippen LogP contribution < -0.4 is 9.46 Å². The molecule has 0 bridgehead atoms. The van der Waals surface area contributed by atoms with Crippen molar-refractivity contribution in [2.75, 3.05) is 13.7 Å². The Balaban J connectivity index is 2.07. The molecule has 0 aliphatic rings. The molecule has 0 aromatic heterocycles. The van der Waals surface area contributed by atoms with E-state index in [-0.39, 0.29) is 17.2 Å². The van der Waals surface area contributed by atoms with Crippen molar-refractivity contribution < 1.29 is 23.1 Å². The van der Waals surface area contributed by atoms with Crippen molar-refractivity contribution in [3.05, 3.63) is 59.7 Å². The van der Waals surface area contributed by atoms with E-state index in [1.807, 2.05) is 0 Å². The van der Waals surface area contributed by atoms with Gasteiger partial charge in [-0.05, 0) is 36.8 Å². The highest BCUT2D eigenvalue weighted by Crippen LogP contribution is 2.19. The van der Waals surface area contributed by atoms with E-state index in [9.17, 15) is 18.3 Å². The van der Waals surface area contributed by atoms with E-state index >= 15 is 0 Å². The van der Waals surface area contributed by atoms with Crippen LogP contribution in [0.15, 0.2) is 53.4 Å². The number of aliphatic hydroxyl groups excluding tert-OH is 1. The molecular formula is C17H19NO5S. The number of nitrogens with one attached hydrogen (secondary N) is 1. The van der Waals surface area contributed by atoms with E-state index in [4.69, 9.17) is 4.74 Å². The topological polar surface area (TPSA) is 92.7 Å². The van der Waals surface area contributed by atoms with Crippen molar-refractivity contribution >= 4 is 15.8 Å². The van der Waals surface area contributed by atoms with Crippen molar-refractivity contribution in [2.45, 2.75) is 17.9 Å². The van der Waals surface area contributed by atoms with E-state index in [0.717, 1.165) is 0 Å². The summed E-state index contributed by atoms with van der Waals surface area (Å²) in [5.41, 5.74) is 0.981. The molecule has 0 aliphatic heterocycles. The number of ketones is 1. The third-order valence-corrected chi connectivity index (χ3v) is 4.96. The molecule has 2 aromatic rings. The number of carbonyl (C=O) groups is 1. The summed E-state index contributed by atoms with van der Waals surface area (Å²) in [7, 11) is -2.26. The van der Waals surface area contributed by atoms with Crippen LogP contribution in [-0.2, 0) is 10.0 Å². The standard InChI is InChI=1S/C17H19NO5S/c1-12(19)13-6-8-16(9-7-13)24(21,22)18-11-17(20)14-4-3-5-15(10-14)23-2/h3-10,17-18,20H,11H2,1-2H3. The van der Waals surface area contributed by atoms with Gasteiger partial charge in [-0.15, -0.1) is 0 Å². The van der Waals surface area contributed by atoms with Crippen molar-refractivity contribution in [3.63, 3.8) is 0 Å². The van der Waals surface area contributed by atoms with Crippen LogP contribution >= 0.6 is 0 Å². The number of benzene rings is 2. The molecule has 0 saturated carbocycles. The quantitative estimate of drug-likeness (QED) is 0.745. The Bertz CT molecular complexity index is 815. The van der Waals surface area contributed by atoms with Crippen molar-refractivity contribution in [3.8, 4) is 5.75 Å². The average molecular weight is 349 g/mol. The second-order valence-electron chi connectivity index (χ2n) is 5.22. The first-order valence-corrected chi connectivity index (χ1v) is 8.74. The number of Topliss-reactive ketones (excluding diaryl/α,β-unsaturated/α-hetero) is 1. The Morgan fingerprint density at radius 1 is 1.21 bits per heavy atom. The molecule has 2 rings (SSSR count). The zero-order valence-electron chi connectivity index (χ0n) is 13.4. The Labute approximate surface area is 141 Å². The van der Waals surface area contributed by atoms with Gasteiger partial charge in [-0.3, -0.25) is 4.79 Å². The lowest BCUT2D eigenvalue weighted by Crippen LogP contribution is -2.28. The maximum atomic E-state index is 12.2. The molecule has 0 amide bonds. The molecule has 0 radical (unpaired) electrons. The third kappa shape index (κ3) is 4.41. The Morgan fingerprint density at radius 3 is 2.46 bits per heavy atom. The molecule has 0 saturated heterocycles. The third-order valence-electron chi connectivity index (χ3n) is 3.52. The Hall–Kier alpha value is -2.22. The van der Waals surface area contributed by atoms with E-state index in [1.54, 1.807) is 24.3 Å². The second kappa shape index (κ2) is 7.57. The monoisotopic (exact) mass is 349 g/mol. The number of methoxy groups -OCH3 is 1. The molecule has 7 heteroatoms. The van der Waals surface area contributed by atoms with Crippen molar-refractivity contribution in [1.82, 2.24) is 4.72 Å². The fourth-order valence-corrected chi connectivity index (χ4v) is 3.15. The summed E-state index contributed by atoms with van der Waals surface area (Å²) >= 11 is 0. The van der Waals surface area contributed by atoms with Gasteiger partial charge in [-0.2, -0.15) is 0 Å². The van der Waals surface area contributed by atoms with Crippen LogP contribution in [0.2, 0.25) is 0 Å². The average Bonchev–Trinajstić information content (AvgIpc) is 2.59. The van der Waals surface area contributed by atoms with Crippen molar-refractivity contribution in [1.29, 1.82) is 0 Å². The molecule has 0 heterocycles.